The van der Waals surface area contributed by atoms with E-state index < -0.39 is 16.8 Å². The number of anilines is 1. The van der Waals surface area contributed by atoms with Crippen LogP contribution in [0, 0.1) is 0 Å². The van der Waals surface area contributed by atoms with Crippen molar-refractivity contribution in [3.8, 4) is 0 Å². The Hall–Kier alpha value is -0.850. The number of thioether (sulfide) groups is 1. The summed E-state index contributed by atoms with van der Waals surface area (Å²) in [7, 11) is -1.06. The lowest BCUT2D eigenvalue weighted by Gasteiger charge is -2.12. The molecule has 0 radical (unpaired) electrons. The second kappa shape index (κ2) is 7.56. The van der Waals surface area contributed by atoms with E-state index in [1.165, 1.54) is 0 Å². The molecular weight excluding hydrogens is 268 g/mol. The first-order valence-corrected chi connectivity index (χ1v) is 8.48. The summed E-state index contributed by atoms with van der Waals surface area (Å²) in [6.07, 6.45) is 4.22. The van der Waals surface area contributed by atoms with Crippen LogP contribution in [0.25, 0.3) is 0 Å². The van der Waals surface area contributed by atoms with E-state index in [0.717, 1.165) is 5.75 Å². The summed E-state index contributed by atoms with van der Waals surface area (Å²) >= 11 is 1.66. The Morgan fingerprint density at radius 1 is 1.56 bits per heavy atom. The molecule has 2 atom stereocenters. The van der Waals surface area contributed by atoms with Crippen molar-refractivity contribution in [3.05, 3.63) is 24.3 Å². The number of carbonyl (C=O) groups excluding carboxylic acids is 1. The molecule has 100 valence electrons. The van der Waals surface area contributed by atoms with E-state index in [2.05, 4.69) is 5.32 Å². The Labute approximate surface area is 114 Å². The van der Waals surface area contributed by atoms with Gasteiger partial charge in [-0.05, 0) is 36.6 Å². The first kappa shape index (κ1) is 15.2. The largest absolute Gasteiger partial charge is 0.325 e. The third-order valence-electron chi connectivity index (χ3n) is 2.40. The highest BCUT2D eigenvalue weighted by Crippen LogP contribution is 2.13. The molecule has 1 aromatic rings. The van der Waals surface area contributed by atoms with Gasteiger partial charge in [0.2, 0.25) is 5.91 Å². The highest BCUT2D eigenvalue weighted by molar-refractivity contribution is 7.98. The molecule has 1 amide bonds. The molecule has 0 heterocycles. The number of rotatable bonds is 6. The van der Waals surface area contributed by atoms with Crippen molar-refractivity contribution in [2.75, 3.05) is 23.6 Å². The Morgan fingerprint density at radius 3 is 2.89 bits per heavy atom. The zero-order chi connectivity index (χ0) is 13.5. The molecule has 0 aliphatic carbocycles. The minimum absolute atomic E-state index is 0.205. The van der Waals surface area contributed by atoms with Crippen LogP contribution < -0.4 is 11.1 Å². The smallest absolute Gasteiger partial charge is 0.241 e. The predicted octanol–water partition coefficient (Wildman–Crippen LogP) is 1.44. The zero-order valence-electron chi connectivity index (χ0n) is 10.5. The van der Waals surface area contributed by atoms with E-state index >= 15 is 0 Å². The van der Waals surface area contributed by atoms with Gasteiger partial charge in [0.1, 0.15) is 0 Å². The summed E-state index contributed by atoms with van der Waals surface area (Å²) in [5.74, 6) is 0.649. The average molecular weight is 286 g/mol. The topological polar surface area (TPSA) is 72.2 Å². The van der Waals surface area contributed by atoms with Crippen molar-refractivity contribution < 1.29 is 9.00 Å². The molecule has 1 unspecified atom stereocenters. The minimum Gasteiger partial charge on any atom is -0.325 e. The van der Waals surface area contributed by atoms with Crippen molar-refractivity contribution in [2.24, 2.45) is 5.73 Å². The normalized spacial score (nSPS) is 13.9. The SMILES string of the molecule is CSCC[C@H](N)C(=O)Nc1cccc(S(C)=O)c1. The highest BCUT2D eigenvalue weighted by atomic mass is 32.2. The van der Waals surface area contributed by atoms with E-state index in [0.29, 0.717) is 17.0 Å². The summed E-state index contributed by atoms with van der Waals surface area (Å²) in [5, 5.41) is 2.74. The standard InChI is InChI=1S/C12H18N2O2S2/c1-17-7-6-11(13)12(15)14-9-4-3-5-10(8-9)18(2)16/h3-5,8,11H,6-7,13H2,1-2H3,(H,14,15)/t11-,18?/m0/s1. The zero-order valence-corrected chi connectivity index (χ0v) is 12.1. The molecular formula is C12H18N2O2S2. The van der Waals surface area contributed by atoms with E-state index in [-0.39, 0.29) is 5.91 Å². The molecule has 0 aliphatic rings. The molecule has 0 aliphatic heterocycles. The van der Waals surface area contributed by atoms with Gasteiger partial charge in [0.15, 0.2) is 0 Å². The first-order valence-electron chi connectivity index (χ1n) is 5.53. The third-order valence-corrected chi connectivity index (χ3v) is 3.96. The van der Waals surface area contributed by atoms with Gasteiger partial charge in [0, 0.05) is 27.6 Å². The first-order chi connectivity index (χ1) is 8.54. The number of nitrogens with one attached hydrogen (secondary N) is 1. The van der Waals surface area contributed by atoms with E-state index in [1.54, 1.807) is 42.3 Å². The lowest BCUT2D eigenvalue weighted by Crippen LogP contribution is -2.36. The lowest BCUT2D eigenvalue weighted by atomic mass is 10.2. The van der Waals surface area contributed by atoms with Crippen LogP contribution in [-0.4, -0.2) is 34.4 Å². The van der Waals surface area contributed by atoms with Gasteiger partial charge in [-0.25, -0.2) is 0 Å². The summed E-state index contributed by atoms with van der Waals surface area (Å²) in [4.78, 5) is 12.5. The summed E-state index contributed by atoms with van der Waals surface area (Å²) in [6.45, 7) is 0. The van der Waals surface area contributed by atoms with Crippen molar-refractivity contribution in [1.29, 1.82) is 0 Å². The molecule has 0 saturated carbocycles. The van der Waals surface area contributed by atoms with Crippen molar-refractivity contribution in [3.63, 3.8) is 0 Å². The molecule has 4 nitrogen and oxygen atoms in total. The van der Waals surface area contributed by atoms with E-state index in [4.69, 9.17) is 5.73 Å². The van der Waals surface area contributed by atoms with Gasteiger partial charge in [-0.2, -0.15) is 11.8 Å². The van der Waals surface area contributed by atoms with Crippen LogP contribution in [0.5, 0.6) is 0 Å². The maximum absolute atomic E-state index is 11.8. The number of hydrogen-bond acceptors (Lipinski definition) is 4. The minimum atomic E-state index is -1.06. The van der Waals surface area contributed by atoms with Gasteiger partial charge in [-0.3, -0.25) is 9.00 Å². The molecule has 0 saturated heterocycles. The van der Waals surface area contributed by atoms with Gasteiger partial charge >= 0.3 is 0 Å². The van der Waals surface area contributed by atoms with Crippen LogP contribution in [0.4, 0.5) is 5.69 Å². The van der Waals surface area contributed by atoms with E-state index in [1.807, 2.05) is 6.26 Å². The van der Waals surface area contributed by atoms with Gasteiger partial charge in [-0.15, -0.1) is 0 Å². The van der Waals surface area contributed by atoms with Crippen molar-refractivity contribution in [1.82, 2.24) is 0 Å². The maximum Gasteiger partial charge on any atom is 0.241 e. The number of nitrogens with two attached hydrogens (primary N) is 1. The Kier molecular flexibility index (Phi) is 6.38. The van der Waals surface area contributed by atoms with Crippen molar-refractivity contribution in [2.45, 2.75) is 17.4 Å². The Morgan fingerprint density at radius 2 is 2.28 bits per heavy atom. The van der Waals surface area contributed by atoms with E-state index in [9.17, 15) is 9.00 Å². The third kappa shape index (κ3) is 4.80. The number of benzene rings is 1. The fourth-order valence-electron chi connectivity index (χ4n) is 1.36. The number of hydrogen-bond donors (Lipinski definition) is 2. The number of carbonyl (C=O) groups is 1. The van der Waals surface area contributed by atoms with Gasteiger partial charge < -0.3 is 11.1 Å². The summed E-state index contributed by atoms with van der Waals surface area (Å²) in [6, 6.07) is 6.48. The van der Waals surface area contributed by atoms with Gasteiger partial charge in [0.25, 0.3) is 0 Å². The predicted molar refractivity (Wildman–Crippen MR) is 78.4 cm³/mol. The highest BCUT2D eigenvalue weighted by Gasteiger charge is 2.13. The fraction of sp³-hybridized carbons (Fsp3) is 0.417. The van der Waals surface area contributed by atoms with Gasteiger partial charge in [-0.1, -0.05) is 6.07 Å². The van der Waals surface area contributed by atoms with Gasteiger partial charge in [0.05, 0.1) is 6.04 Å². The van der Waals surface area contributed by atoms with Crippen molar-refractivity contribution >= 4 is 34.2 Å². The number of amides is 1. The molecule has 6 heteroatoms. The molecule has 0 aromatic heterocycles. The van der Waals surface area contributed by atoms with Crippen LogP contribution >= 0.6 is 11.8 Å². The molecule has 1 aromatic carbocycles. The molecule has 0 fully saturated rings. The maximum atomic E-state index is 11.8. The monoisotopic (exact) mass is 286 g/mol. The van der Waals surface area contributed by atoms with Crippen LogP contribution in [0.15, 0.2) is 29.2 Å². The van der Waals surface area contributed by atoms with Crippen LogP contribution in [0.2, 0.25) is 0 Å². The summed E-state index contributed by atoms with van der Waals surface area (Å²) < 4.78 is 11.3. The second-order valence-electron chi connectivity index (χ2n) is 3.86. The van der Waals surface area contributed by atoms with Crippen LogP contribution in [-0.2, 0) is 15.6 Å². The Balaban J connectivity index is 2.64. The fourth-order valence-corrected chi connectivity index (χ4v) is 2.42. The molecule has 0 bridgehead atoms. The summed E-state index contributed by atoms with van der Waals surface area (Å²) in [5.41, 5.74) is 6.40. The lowest BCUT2D eigenvalue weighted by molar-refractivity contribution is -0.117. The molecule has 1 rings (SSSR count). The van der Waals surface area contributed by atoms with Crippen LogP contribution in [0.3, 0.4) is 0 Å². The molecule has 18 heavy (non-hydrogen) atoms. The quantitative estimate of drug-likeness (QED) is 0.830. The van der Waals surface area contributed by atoms with Crippen LogP contribution in [0.1, 0.15) is 6.42 Å². The average Bonchev–Trinajstić information content (AvgIpc) is 2.36. The molecule has 0 spiro atoms. The molecule has 3 N–H and O–H groups in total. The second-order valence-corrected chi connectivity index (χ2v) is 6.22. The Bertz CT molecular complexity index is 438.